The number of nitriles is 1. The zero-order valence-corrected chi connectivity index (χ0v) is 15.3. The molecule has 25 heavy (non-hydrogen) atoms. The summed E-state index contributed by atoms with van der Waals surface area (Å²) in [6, 6.07) is 9.32. The predicted molar refractivity (Wildman–Crippen MR) is 96.3 cm³/mol. The van der Waals surface area contributed by atoms with Crippen molar-refractivity contribution < 1.29 is 13.2 Å². The van der Waals surface area contributed by atoms with Crippen LogP contribution in [0.4, 0.5) is 0 Å². The first-order valence-corrected chi connectivity index (χ1v) is 10.1. The highest BCUT2D eigenvalue weighted by molar-refractivity contribution is 7.91. The quantitative estimate of drug-likeness (QED) is 0.592. The summed E-state index contributed by atoms with van der Waals surface area (Å²) >= 11 is 0. The molecule has 1 aromatic rings. The van der Waals surface area contributed by atoms with Gasteiger partial charge in [0.25, 0.3) is 5.91 Å². The molecule has 0 saturated carbocycles. The van der Waals surface area contributed by atoms with Gasteiger partial charge in [-0.2, -0.15) is 5.26 Å². The smallest absolute Gasteiger partial charge is 0.263 e. The van der Waals surface area contributed by atoms with Gasteiger partial charge in [0, 0.05) is 12.2 Å². The molecule has 134 valence electrons. The third kappa shape index (κ3) is 5.33. The topological polar surface area (TPSA) is 99.1 Å². The second-order valence-corrected chi connectivity index (χ2v) is 8.46. The number of aryl methyl sites for hydroxylation is 1. The average molecular weight is 361 g/mol. The van der Waals surface area contributed by atoms with E-state index in [1.54, 1.807) is 0 Å². The molecular formula is C18H23N3O3S. The van der Waals surface area contributed by atoms with Crippen LogP contribution in [0.2, 0.25) is 0 Å². The second-order valence-electron chi connectivity index (χ2n) is 6.23. The molecule has 1 amide bonds. The maximum Gasteiger partial charge on any atom is 0.263 e. The molecule has 2 rings (SSSR count). The van der Waals surface area contributed by atoms with Crippen molar-refractivity contribution in [3.8, 4) is 6.07 Å². The first kappa shape index (κ1) is 19.0. The van der Waals surface area contributed by atoms with Crippen molar-refractivity contribution in [1.82, 2.24) is 10.6 Å². The molecule has 2 unspecified atom stereocenters. The number of hydrogen-bond acceptors (Lipinski definition) is 5. The van der Waals surface area contributed by atoms with Gasteiger partial charge >= 0.3 is 0 Å². The van der Waals surface area contributed by atoms with E-state index in [2.05, 4.69) is 17.6 Å². The summed E-state index contributed by atoms with van der Waals surface area (Å²) < 4.78 is 22.9. The molecule has 2 atom stereocenters. The molecule has 1 heterocycles. The Morgan fingerprint density at radius 1 is 1.40 bits per heavy atom. The van der Waals surface area contributed by atoms with Gasteiger partial charge in [0.1, 0.15) is 11.6 Å². The summed E-state index contributed by atoms with van der Waals surface area (Å²) in [6.45, 7) is 3.93. The van der Waals surface area contributed by atoms with Crippen LogP contribution < -0.4 is 10.6 Å². The molecule has 0 spiro atoms. The van der Waals surface area contributed by atoms with E-state index in [1.165, 1.54) is 11.8 Å². The third-order valence-corrected chi connectivity index (χ3v) is 6.06. The van der Waals surface area contributed by atoms with Gasteiger partial charge in [0.2, 0.25) is 0 Å². The number of benzene rings is 1. The first-order chi connectivity index (χ1) is 11.8. The maximum atomic E-state index is 12.3. The molecule has 1 aliphatic heterocycles. The van der Waals surface area contributed by atoms with Crippen LogP contribution in [0.15, 0.2) is 36.0 Å². The zero-order chi connectivity index (χ0) is 18.4. The fourth-order valence-corrected chi connectivity index (χ4v) is 4.36. The number of nitrogens with one attached hydrogen (secondary N) is 2. The highest BCUT2D eigenvalue weighted by Crippen LogP contribution is 2.15. The predicted octanol–water partition coefficient (Wildman–Crippen LogP) is 1.61. The van der Waals surface area contributed by atoms with Gasteiger partial charge < -0.3 is 10.6 Å². The normalized spacial score (nSPS) is 20.5. The van der Waals surface area contributed by atoms with E-state index < -0.39 is 15.7 Å². The maximum absolute atomic E-state index is 12.3. The van der Waals surface area contributed by atoms with E-state index in [-0.39, 0.29) is 29.2 Å². The summed E-state index contributed by atoms with van der Waals surface area (Å²) in [5, 5.41) is 14.8. The van der Waals surface area contributed by atoms with Crippen LogP contribution in [0.1, 0.15) is 37.4 Å². The van der Waals surface area contributed by atoms with E-state index >= 15 is 0 Å². The van der Waals surface area contributed by atoms with Crippen molar-refractivity contribution in [3.05, 3.63) is 47.2 Å². The first-order valence-electron chi connectivity index (χ1n) is 8.31. The Labute approximate surface area is 148 Å². The lowest BCUT2D eigenvalue weighted by atomic mass is 10.0. The van der Waals surface area contributed by atoms with E-state index in [0.717, 1.165) is 12.0 Å². The zero-order valence-electron chi connectivity index (χ0n) is 14.5. The van der Waals surface area contributed by atoms with Crippen LogP contribution in [0.25, 0.3) is 0 Å². The van der Waals surface area contributed by atoms with Crippen molar-refractivity contribution >= 4 is 15.7 Å². The van der Waals surface area contributed by atoms with Gasteiger partial charge in [-0.05, 0) is 30.9 Å². The largest absolute Gasteiger partial charge is 0.386 e. The average Bonchev–Trinajstić information content (AvgIpc) is 2.94. The molecule has 0 bridgehead atoms. The Bertz CT molecular complexity index is 792. The fraction of sp³-hybridized carbons (Fsp3) is 0.444. The van der Waals surface area contributed by atoms with Gasteiger partial charge in [-0.1, -0.05) is 31.2 Å². The minimum atomic E-state index is -3.01. The molecule has 7 heteroatoms. The monoisotopic (exact) mass is 361 g/mol. The summed E-state index contributed by atoms with van der Waals surface area (Å²) in [5.41, 5.74) is 2.11. The van der Waals surface area contributed by atoms with Crippen molar-refractivity contribution in [2.24, 2.45) is 0 Å². The van der Waals surface area contributed by atoms with Gasteiger partial charge in [0.05, 0.1) is 17.5 Å². The SMILES string of the molecule is CCc1ccc(C(C)NC(=O)/C(C#N)=C\NC2CCS(=O)(=O)C2)cc1. The number of nitrogens with zero attached hydrogens (tertiary/aromatic N) is 1. The molecule has 1 aliphatic rings. The number of carbonyl (C=O) groups excluding carboxylic acids is 1. The Balaban J connectivity index is 1.96. The lowest BCUT2D eigenvalue weighted by molar-refractivity contribution is -0.117. The van der Waals surface area contributed by atoms with Crippen LogP contribution in [-0.2, 0) is 21.1 Å². The highest BCUT2D eigenvalue weighted by atomic mass is 32.2. The molecule has 1 aromatic carbocycles. The third-order valence-electron chi connectivity index (χ3n) is 4.30. The van der Waals surface area contributed by atoms with Gasteiger partial charge in [0.15, 0.2) is 9.84 Å². The van der Waals surface area contributed by atoms with Crippen LogP contribution in [0.3, 0.4) is 0 Å². The molecule has 0 aromatic heterocycles. The van der Waals surface area contributed by atoms with Gasteiger partial charge in [-0.25, -0.2) is 8.42 Å². The minimum Gasteiger partial charge on any atom is -0.386 e. The Morgan fingerprint density at radius 2 is 2.08 bits per heavy atom. The Morgan fingerprint density at radius 3 is 2.60 bits per heavy atom. The number of amides is 1. The van der Waals surface area contributed by atoms with Crippen LogP contribution in [0, 0.1) is 11.3 Å². The van der Waals surface area contributed by atoms with Crippen molar-refractivity contribution in [3.63, 3.8) is 0 Å². The number of carbonyl (C=O) groups is 1. The van der Waals surface area contributed by atoms with E-state index in [0.29, 0.717) is 6.42 Å². The lowest BCUT2D eigenvalue weighted by Gasteiger charge is -2.15. The Kier molecular flexibility index (Phi) is 6.21. The van der Waals surface area contributed by atoms with Gasteiger partial charge in [-0.15, -0.1) is 0 Å². The van der Waals surface area contributed by atoms with Crippen LogP contribution in [0.5, 0.6) is 0 Å². The van der Waals surface area contributed by atoms with Crippen LogP contribution in [-0.4, -0.2) is 31.9 Å². The number of hydrogen-bond donors (Lipinski definition) is 2. The molecule has 1 saturated heterocycles. The number of sulfone groups is 1. The fourth-order valence-electron chi connectivity index (χ4n) is 2.68. The van der Waals surface area contributed by atoms with E-state index in [9.17, 15) is 18.5 Å². The minimum absolute atomic E-state index is 0.0318. The highest BCUT2D eigenvalue weighted by Gasteiger charge is 2.27. The lowest BCUT2D eigenvalue weighted by Crippen LogP contribution is -2.30. The van der Waals surface area contributed by atoms with Crippen molar-refractivity contribution in [1.29, 1.82) is 5.26 Å². The molecule has 0 aliphatic carbocycles. The van der Waals surface area contributed by atoms with Crippen molar-refractivity contribution in [2.45, 2.75) is 38.8 Å². The molecule has 2 N–H and O–H groups in total. The van der Waals surface area contributed by atoms with Gasteiger partial charge in [-0.3, -0.25) is 4.79 Å². The molecule has 6 nitrogen and oxygen atoms in total. The van der Waals surface area contributed by atoms with Crippen LogP contribution >= 0.6 is 0 Å². The van der Waals surface area contributed by atoms with Crippen molar-refractivity contribution in [2.75, 3.05) is 11.5 Å². The summed E-state index contributed by atoms with van der Waals surface area (Å²) in [5.74, 6) is -0.315. The number of rotatable bonds is 6. The molecule has 1 fully saturated rings. The summed E-state index contributed by atoms with van der Waals surface area (Å²) in [6.07, 6.45) is 2.75. The second kappa shape index (κ2) is 8.17. The summed E-state index contributed by atoms with van der Waals surface area (Å²) in [4.78, 5) is 12.3. The van der Waals surface area contributed by atoms with E-state index in [1.807, 2.05) is 37.3 Å². The molecule has 0 radical (unpaired) electrons. The van der Waals surface area contributed by atoms with E-state index in [4.69, 9.17) is 0 Å². The molecular weight excluding hydrogens is 338 g/mol. The Hall–Kier alpha value is -2.33. The summed E-state index contributed by atoms with van der Waals surface area (Å²) in [7, 11) is -3.01. The standard InChI is InChI=1S/C18H23N3O3S/c1-3-14-4-6-15(7-5-14)13(2)21-18(22)16(10-19)11-20-17-8-9-25(23,24)12-17/h4-7,11,13,17,20H,3,8-9,12H2,1-2H3,(H,21,22)/b16-11-.